The predicted molar refractivity (Wildman–Crippen MR) is 75.0 cm³/mol. The lowest BCUT2D eigenvalue weighted by molar-refractivity contribution is 0.0947. The van der Waals surface area contributed by atoms with Crippen LogP contribution in [0.2, 0.25) is 0 Å². The highest BCUT2D eigenvalue weighted by Gasteiger charge is 2.23. The Morgan fingerprint density at radius 1 is 1.42 bits per heavy atom. The average Bonchev–Trinajstić information content (AvgIpc) is 3.03. The van der Waals surface area contributed by atoms with E-state index in [0.29, 0.717) is 11.3 Å². The van der Waals surface area contributed by atoms with Gasteiger partial charge in [-0.2, -0.15) is 0 Å². The van der Waals surface area contributed by atoms with Gasteiger partial charge in [-0.15, -0.1) is 11.6 Å². The molecule has 0 spiro atoms. The van der Waals surface area contributed by atoms with Crippen LogP contribution in [0.4, 0.5) is 0 Å². The van der Waals surface area contributed by atoms with Gasteiger partial charge < -0.3 is 10.1 Å². The first kappa shape index (κ1) is 12.8. The fourth-order valence-electron chi connectivity index (χ4n) is 2.87. The topological polar surface area (TPSA) is 38.3 Å². The molecule has 1 aromatic rings. The number of benzene rings is 1. The van der Waals surface area contributed by atoms with Gasteiger partial charge in [-0.3, -0.25) is 4.79 Å². The Bertz CT molecular complexity index is 489. The number of halogens is 1. The number of carbonyl (C=O) groups excluding carboxylic acids is 1. The second-order valence-electron chi connectivity index (χ2n) is 5.41. The monoisotopic (exact) mass is 279 g/mol. The Hall–Kier alpha value is -1.22. The number of hydrogen-bond acceptors (Lipinski definition) is 2. The van der Waals surface area contributed by atoms with E-state index in [1.165, 1.54) is 0 Å². The van der Waals surface area contributed by atoms with Crippen molar-refractivity contribution in [2.75, 3.05) is 13.2 Å². The Labute approximate surface area is 118 Å². The third-order valence-corrected chi connectivity index (χ3v) is 4.38. The Balaban J connectivity index is 1.58. The molecule has 102 valence electrons. The summed E-state index contributed by atoms with van der Waals surface area (Å²) in [5.41, 5.74) is 1.86. The van der Waals surface area contributed by atoms with Crippen LogP contribution >= 0.6 is 11.6 Å². The van der Waals surface area contributed by atoms with E-state index in [1.54, 1.807) is 0 Å². The highest BCUT2D eigenvalue weighted by atomic mass is 35.5. The smallest absolute Gasteiger partial charge is 0.251 e. The van der Waals surface area contributed by atoms with E-state index in [2.05, 4.69) is 5.32 Å². The molecule has 2 aliphatic rings. The van der Waals surface area contributed by atoms with Crippen molar-refractivity contribution >= 4 is 17.5 Å². The summed E-state index contributed by atoms with van der Waals surface area (Å²) >= 11 is 6.08. The summed E-state index contributed by atoms with van der Waals surface area (Å²) in [4.78, 5) is 12.1. The molecule has 0 saturated heterocycles. The second-order valence-corrected chi connectivity index (χ2v) is 6.02. The fraction of sp³-hybridized carbons (Fsp3) is 0.533. The van der Waals surface area contributed by atoms with Crippen LogP contribution in [0.15, 0.2) is 18.2 Å². The van der Waals surface area contributed by atoms with E-state index in [0.717, 1.165) is 55.7 Å². The lowest BCUT2D eigenvalue weighted by atomic mass is 10.1. The van der Waals surface area contributed by atoms with Gasteiger partial charge in [0.15, 0.2) is 0 Å². The maximum atomic E-state index is 12.1. The summed E-state index contributed by atoms with van der Waals surface area (Å²) in [5, 5.41) is 3.31. The van der Waals surface area contributed by atoms with Crippen LogP contribution in [-0.2, 0) is 6.42 Å². The largest absolute Gasteiger partial charge is 0.493 e. The number of hydrogen-bond donors (Lipinski definition) is 1. The van der Waals surface area contributed by atoms with Crippen molar-refractivity contribution in [1.82, 2.24) is 5.32 Å². The standard InChI is InChI=1S/C15H18ClNO2/c16-13-3-1-10(7-13)9-17-15(18)12-2-4-14-11(8-12)5-6-19-14/h2,4,8,10,13H,1,3,5-7,9H2,(H,17,18). The van der Waals surface area contributed by atoms with Crippen molar-refractivity contribution in [3.05, 3.63) is 29.3 Å². The first-order valence-corrected chi connectivity index (χ1v) is 7.34. The van der Waals surface area contributed by atoms with E-state index in [1.807, 2.05) is 18.2 Å². The van der Waals surface area contributed by atoms with Crippen LogP contribution in [0.5, 0.6) is 5.75 Å². The summed E-state index contributed by atoms with van der Waals surface area (Å²) in [6.07, 6.45) is 4.09. The molecule has 3 rings (SSSR count). The van der Waals surface area contributed by atoms with Crippen LogP contribution in [0.25, 0.3) is 0 Å². The van der Waals surface area contributed by atoms with Crippen molar-refractivity contribution in [3.63, 3.8) is 0 Å². The number of fused-ring (bicyclic) bond motifs is 1. The zero-order valence-electron chi connectivity index (χ0n) is 10.8. The number of alkyl halides is 1. The molecule has 1 heterocycles. The van der Waals surface area contributed by atoms with E-state index in [9.17, 15) is 4.79 Å². The van der Waals surface area contributed by atoms with Gasteiger partial charge >= 0.3 is 0 Å². The van der Waals surface area contributed by atoms with Crippen LogP contribution in [0, 0.1) is 5.92 Å². The highest BCUT2D eigenvalue weighted by Crippen LogP contribution is 2.29. The predicted octanol–water partition coefficient (Wildman–Crippen LogP) is 2.76. The van der Waals surface area contributed by atoms with Crippen LogP contribution < -0.4 is 10.1 Å². The van der Waals surface area contributed by atoms with Gasteiger partial charge in [0, 0.05) is 23.9 Å². The quantitative estimate of drug-likeness (QED) is 0.864. The number of ether oxygens (including phenoxy) is 1. The molecular formula is C15H18ClNO2. The normalized spacial score (nSPS) is 24.9. The second kappa shape index (κ2) is 5.41. The molecule has 0 bridgehead atoms. The summed E-state index contributed by atoms with van der Waals surface area (Å²) in [6.45, 7) is 1.45. The molecule has 0 radical (unpaired) electrons. The van der Waals surface area contributed by atoms with Gasteiger partial charge in [0.05, 0.1) is 6.61 Å². The van der Waals surface area contributed by atoms with Crippen molar-refractivity contribution in [2.24, 2.45) is 5.92 Å². The van der Waals surface area contributed by atoms with Crippen molar-refractivity contribution in [2.45, 2.75) is 31.1 Å². The van der Waals surface area contributed by atoms with Gasteiger partial charge in [0.1, 0.15) is 5.75 Å². The third-order valence-electron chi connectivity index (χ3n) is 3.98. The molecule has 2 unspecified atom stereocenters. The average molecular weight is 280 g/mol. The fourth-order valence-corrected chi connectivity index (χ4v) is 3.24. The molecule has 1 aromatic carbocycles. The van der Waals surface area contributed by atoms with E-state index < -0.39 is 0 Å². The SMILES string of the molecule is O=C(NCC1CCC(Cl)C1)c1ccc2c(c1)CCO2. The molecule has 2 atom stereocenters. The zero-order valence-corrected chi connectivity index (χ0v) is 11.6. The van der Waals surface area contributed by atoms with Crippen LogP contribution in [0.3, 0.4) is 0 Å². The number of rotatable bonds is 3. The Morgan fingerprint density at radius 3 is 3.11 bits per heavy atom. The molecule has 1 fully saturated rings. The van der Waals surface area contributed by atoms with Crippen molar-refractivity contribution in [3.8, 4) is 5.75 Å². The van der Waals surface area contributed by atoms with Gasteiger partial charge in [-0.1, -0.05) is 0 Å². The molecule has 1 aliphatic heterocycles. The summed E-state index contributed by atoms with van der Waals surface area (Å²) in [7, 11) is 0. The molecule has 3 nitrogen and oxygen atoms in total. The lowest BCUT2D eigenvalue weighted by Gasteiger charge is -2.11. The highest BCUT2D eigenvalue weighted by molar-refractivity contribution is 6.20. The van der Waals surface area contributed by atoms with E-state index in [-0.39, 0.29) is 5.91 Å². The van der Waals surface area contributed by atoms with Crippen LogP contribution in [-0.4, -0.2) is 24.4 Å². The van der Waals surface area contributed by atoms with Crippen molar-refractivity contribution in [1.29, 1.82) is 0 Å². The van der Waals surface area contributed by atoms with Gasteiger partial charge in [0.25, 0.3) is 5.91 Å². The maximum absolute atomic E-state index is 12.1. The molecule has 0 aromatic heterocycles. The zero-order chi connectivity index (χ0) is 13.2. The number of nitrogens with one attached hydrogen (secondary N) is 1. The summed E-state index contributed by atoms with van der Waals surface area (Å²) < 4.78 is 5.44. The molecule has 19 heavy (non-hydrogen) atoms. The minimum atomic E-state index is 0.00715. The molecule has 4 heteroatoms. The minimum Gasteiger partial charge on any atom is -0.493 e. The van der Waals surface area contributed by atoms with E-state index >= 15 is 0 Å². The number of amides is 1. The van der Waals surface area contributed by atoms with Crippen molar-refractivity contribution < 1.29 is 9.53 Å². The maximum Gasteiger partial charge on any atom is 0.251 e. The molecule has 1 amide bonds. The Kier molecular flexibility index (Phi) is 3.65. The van der Waals surface area contributed by atoms with Gasteiger partial charge in [-0.05, 0) is 48.9 Å². The molecule has 1 saturated carbocycles. The molecule has 1 aliphatic carbocycles. The van der Waals surface area contributed by atoms with E-state index in [4.69, 9.17) is 16.3 Å². The molecular weight excluding hydrogens is 262 g/mol. The van der Waals surface area contributed by atoms with Gasteiger partial charge in [-0.25, -0.2) is 0 Å². The molecule has 1 N–H and O–H groups in total. The third kappa shape index (κ3) is 2.86. The first-order valence-electron chi connectivity index (χ1n) is 6.90. The first-order chi connectivity index (χ1) is 9.22. The van der Waals surface area contributed by atoms with Gasteiger partial charge in [0.2, 0.25) is 0 Å². The number of carbonyl (C=O) groups is 1. The Morgan fingerprint density at radius 2 is 2.32 bits per heavy atom. The summed E-state index contributed by atoms with van der Waals surface area (Å²) in [6, 6.07) is 5.66. The summed E-state index contributed by atoms with van der Waals surface area (Å²) in [5.74, 6) is 1.45. The van der Waals surface area contributed by atoms with Crippen LogP contribution in [0.1, 0.15) is 35.2 Å². The minimum absolute atomic E-state index is 0.00715. The lowest BCUT2D eigenvalue weighted by Crippen LogP contribution is -2.28.